The monoisotopic (exact) mass is 415 g/mol. The summed E-state index contributed by atoms with van der Waals surface area (Å²) in [5.41, 5.74) is 1.23. The molecule has 1 aliphatic heterocycles. The zero-order chi connectivity index (χ0) is 20.1. The van der Waals surface area contributed by atoms with Crippen molar-refractivity contribution in [3.8, 4) is 11.5 Å². The molecule has 2 heterocycles. The number of aromatic nitrogens is 1. The lowest BCUT2D eigenvalue weighted by Crippen LogP contribution is -2.29. The number of hydrogen-bond acceptors (Lipinski definition) is 6. The number of ether oxygens (including phenoxy) is 2. The Bertz CT molecular complexity index is 975. The number of aliphatic imine (C=N–C) groups is 1. The summed E-state index contributed by atoms with van der Waals surface area (Å²) in [7, 11) is 3.13. The van der Waals surface area contributed by atoms with Crippen LogP contribution in [0.25, 0.3) is 6.08 Å². The minimum absolute atomic E-state index is 0.173. The Balaban J connectivity index is 2.03. The number of methoxy groups -OCH3 is 2. The van der Waals surface area contributed by atoms with E-state index in [1.54, 1.807) is 55.7 Å². The molecule has 1 amide bonds. The van der Waals surface area contributed by atoms with Gasteiger partial charge < -0.3 is 9.47 Å². The minimum Gasteiger partial charge on any atom is -0.493 e. The Kier molecular flexibility index (Phi) is 6.38. The molecule has 2 aromatic rings. The Labute approximate surface area is 172 Å². The molecule has 144 valence electrons. The van der Waals surface area contributed by atoms with E-state index in [1.807, 2.05) is 12.1 Å². The first-order chi connectivity index (χ1) is 13.6. The van der Waals surface area contributed by atoms with Crippen molar-refractivity contribution in [2.75, 3.05) is 20.8 Å². The van der Waals surface area contributed by atoms with E-state index in [1.165, 1.54) is 11.8 Å². The first-order valence-electron chi connectivity index (χ1n) is 8.31. The Morgan fingerprint density at radius 2 is 2.11 bits per heavy atom. The van der Waals surface area contributed by atoms with Gasteiger partial charge in [-0.25, -0.2) is 9.98 Å². The molecular formula is C20H18ClN3O3S. The molecule has 0 spiro atoms. The van der Waals surface area contributed by atoms with Crippen molar-refractivity contribution < 1.29 is 14.3 Å². The SMILES string of the molecule is C=CCN1C(=O)/C(=C/c2cccc(OC)c2OC)SC1=Nc1cccnc1Cl. The maximum atomic E-state index is 12.9. The van der Waals surface area contributed by atoms with E-state index in [9.17, 15) is 4.79 Å². The van der Waals surface area contributed by atoms with Crippen LogP contribution in [-0.2, 0) is 4.79 Å². The van der Waals surface area contributed by atoms with Gasteiger partial charge in [-0.05, 0) is 36.0 Å². The van der Waals surface area contributed by atoms with Crippen molar-refractivity contribution in [3.63, 3.8) is 0 Å². The van der Waals surface area contributed by atoms with Crippen molar-refractivity contribution in [3.05, 3.63) is 64.8 Å². The molecule has 3 rings (SSSR count). The second-order valence-corrected chi connectivity index (χ2v) is 6.97. The molecule has 28 heavy (non-hydrogen) atoms. The number of rotatable bonds is 6. The van der Waals surface area contributed by atoms with Crippen molar-refractivity contribution in [1.29, 1.82) is 0 Å². The third kappa shape index (κ3) is 4.05. The zero-order valence-electron chi connectivity index (χ0n) is 15.4. The average Bonchev–Trinajstić information content (AvgIpc) is 2.98. The summed E-state index contributed by atoms with van der Waals surface area (Å²) in [6, 6.07) is 8.97. The number of benzene rings is 1. The number of thioether (sulfide) groups is 1. The van der Waals surface area contributed by atoms with Crippen LogP contribution in [0.15, 0.2) is 59.1 Å². The van der Waals surface area contributed by atoms with Crippen LogP contribution in [0.1, 0.15) is 5.56 Å². The van der Waals surface area contributed by atoms with Gasteiger partial charge in [-0.3, -0.25) is 9.69 Å². The van der Waals surface area contributed by atoms with Gasteiger partial charge in [0.05, 0.1) is 19.1 Å². The number of halogens is 1. The Morgan fingerprint density at radius 1 is 1.29 bits per heavy atom. The van der Waals surface area contributed by atoms with Gasteiger partial charge in [0.25, 0.3) is 5.91 Å². The summed E-state index contributed by atoms with van der Waals surface area (Å²) in [5, 5.41) is 0.779. The van der Waals surface area contributed by atoms with Gasteiger partial charge in [0, 0.05) is 18.3 Å². The standard InChI is InChI=1S/C20H18ClN3O3S/c1-4-11-24-19(25)16(12-13-7-5-9-15(26-2)17(13)27-3)28-20(24)23-14-8-6-10-22-18(14)21/h4-10,12H,1,11H2,2-3H3/b16-12-,23-20?. The van der Waals surface area contributed by atoms with Crippen molar-refractivity contribution in [2.24, 2.45) is 4.99 Å². The molecule has 1 aliphatic rings. The predicted octanol–water partition coefficient (Wildman–Crippen LogP) is 4.54. The minimum atomic E-state index is -0.173. The first kappa shape index (κ1) is 20.0. The number of carbonyl (C=O) groups excluding carboxylic acids is 1. The van der Waals surface area contributed by atoms with Crippen LogP contribution in [0.2, 0.25) is 5.15 Å². The molecule has 0 N–H and O–H groups in total. The molecule has 0 unspecified atom stereocenters. The molecule has 1 aromatic heterocycles. The molecule has 0 aliphatic carbocycles. The number of para-hydroxylation sites is 1. The van der Waals surface area contributed by atoms with Crippen LogP contribution in [0.3, 0.4) is 0 Å². The smallest absolute Gasteiger partial charge is 0.267 e. The third-order valence-electron chi connectivity index (χ3n) is 3.88. The van der Waals surface area contributed by atoms with Crippen LogP contribution in [-0.4, -0.2) is 41.7 Å². The second-order valence-electron chi connectivity index (χ2n) is 5.61. The second kappa shape index (κ2) is 8.95. The van der Waals surface area contributed by atoms with E-state index in [2.05, 4.69) is 16.6 Å². The van der Waals surface area contributed by atoms with Crippen molar-refractivity contribution in [2.45, 2.75) is 0 Å². The molecule has 1 saturated heterocycles. The summed E-state index contributed by atoms with van der Waals surface area (Å²) in [5.74, 6) is 0.974. The molecule has 1 aromatic carbocycles. The van der Waals surface area contributed by atoms with Gasteiger partial charge in [0.1, 0.15) is 5.69 Å². The van der Waals surface area contributed by atoms with Gasteiger partial charge in [-0.1, -0.05) is 29.8 Å². The number of hydrogen-bond donors (Lipinski definition) is 0. The molecule has 0 radical (unpaired) electrons. The number of amides is 1. The molecule has 1 fully saturated rings. The van der Waals surface area contributed by atoms with Gasteiger partial charge in [0.15, 0.2) is 21.8 Å². The van der Waals surface area contributed by atoms with Gasteiger partial charge in [0.2, 0.25) is 0 Å². The Hall–Kier alpha value is -2.77. The van der Waals surface area contributed by atoms with Gasteiger partial charge >= 0.3 is 0 Å². The normalized spacial score (nSPS) is 16.7. The highest BCUT2D eigenvalue weighted by Crippen LogP contribution is 2.38. The molecule has 0 saturated carbocycles. The molecule has 6 nitrogen and oxygen atoms in total. The predicted molar refractivity (Wildman–Crippen MR) is 113 cm³/mol. The van der Waals surface area contributed by atoms with Gasteiger partial charge in [-0.15, -0.1) is 6.58 Å². The topological polar surface area (TPSA) is 64.0 Å². The van der Waals surface area contributed by atoms with E-state index in [-0.39, 0.29) is 11.1 Å². The lowest BCUT2D eigenvalue weighted by Gasteiger charge is -2.12. The summed E-state index contributed by atoms with van der Waals surface area (Å²) in [6.07, 6.45) is 4.99. The van der Waals surface area contributed by atoms with E-state index in [0.29, 0.717) is 33.8 Å². The summed E-state index contributed by atoms with van der Waals surface area (Å²) in [4.78, 5) is 23.5. The van der Waals surface area contributed by atoms with Crippen LogP contribution in [0.5, 0.6) is 11.5 Å². The average molecular weight is 416 g/mol. The highest BCUT2D eigenvalue weighted by Gasteiger charge is 2.33. The zero-order valence-corrected chi connectivity index (χ0v) is 17.0. The fourth-order valence-corrected chi connectivity index (χ4v) is 3.77. The summed E-state index contributed by atoms with van der Waals surface area (Å²) < 4.78 is 10.8. The summed E-state index contributed by atoms with van der Waals surface area (Å²) in [6.45, 7) is 4.05. The van der Waals surface area contributed by atoms with Gasteiger partial charge in [-0.2, -0.15) is 0 Å². The van der Waals surface area contributed by atoms with Crippen LogP contribution >= 0.6 is 23.4 Å². The largest absolute Gasteiger partial charge is 0.493 e. The van der Waals surface area contributed by atoms with Crippen LogP contribution < -0.4 is 9.47 Å². The van der Waals surface area contributed by atoms with E-state index in [0.717, 1.165) is 5.56 Å². The fraction of sp³-hybridized carbons (Fsp3) is 0.150. The highest BCUT2D eigenvalue weighted by molar-refractivity contribution is 8.18. The molecule has 8 heteroatoms. The van der Waals surface area contributed by atoms with E-state index in [4.69, 9.17) is 21.1 Å². The lowest BCUT2D eigenvalue weighted by atomic mass is 10.1. The number of amidine groups is 1. The lowest BCUT2D eigenvalue weighted by molar-refractivity contribution is -0.121. The van der Waals surface area contributed by atoms with Crippen molar-refractivity contribution in [1.82, 2.24) is 9.88 Å². The summed E-state index contributed by atoms with van der Waals surface area (Å²) >= 11 is 7.36. The quantitative estimate of drug-likeness (QED) is 0.393. The maximum absolute atomic E-state index is 12.9. The number of carbonyl (C=O) groups is 1. The fourth-order valence-electron chi connectivity index (χ4n) is 2.61. The van der Waals surface area contributed by atoms with Crippen molar-refractivity contribution >= 4 is 46.2 Å². The Morgan fingerprint density at radius 3 is 2.79 bits per heavy atom. The third-order valence-corrected chi connectivity index (χ3v) is 5.17. The molecule has 0 atom stereocenters. The van der Waals surface area contributed by atoms with Crippen LogP contribution in [0.4, 0.5) is 5.69 Å². The highest BCUT2D eigenvalue weighted by atomic mass is 35.5. The number of pyridine rings is 1. The number of nitrogens with zero attached hydrogens (tertiary/aromatic N) is 3. The van der Waals surface area contributed by atoms with E-state index >= 15 is 0 Å². The molecule has 0 bridgehead atoms. The molecular weight excluding hydrogens is 398 g/mol. The first-order valence-corrected chi connectivity index (χ1v) is 9.51. The maximum Gasteiger partial charge on any atom is 0.267 e. The van der Waals surface area contributed by atoms with Crippen LogP contribution in [0, 0.1) is 0 Å². The van der Waals surface area contributed by atoms with E-state index < -0.39 is 0 Å².